The highest BCUT2D eigenvalue weighted by molar-refractivity contribution is 4.78. The van der Waals surface area contributed by atoms with Crippen LogP contribution in [-0.2, 0) is 0 Å². The summed E-state index contributed by atoms with van der Waals surface area (Å²) >= 11 is 0. The molecule has 1 saturated carbocycles. The summed E-state index contributed by atoms with van der Waals surface area (Å²) in [6.07, 6.45) is 8.95. The van der Waals surface area contributed by atoms with Crippen LogP contribution in [0.25, 0.3) is 0 Å². The molecule has 2 N–H and O–H groups in total. The first kappa shape index (κ1) is 14.9. The lowest BCUT2D eigenvalue weighted by atomic mass is 9.94. The Morgan fingerprint density at radius 1 is 1.29 bits per heavy atom. The standard InChI is InChI=1S/C14H30N2O/c1-3-10-15-13(9-11-17)12-16(2)14-7-5-4-6-8-14/h13-15,17H,3-12H2,1-2H3. The van der Waals surface area contributed by atoms with Gasteiger partial charge in [-0.15, -0.1) is 0 Å². The fourth-order valence-corrected chi connectivity index (χ4v) is 2.78. The van der Waals surface area contributed by atoms with Gasteiger partial charge in [0.05, 0.1) is 0 Å². The predicted molar refractivity (Wildman–Crippen MR) is 73.3 cm³/mol. The van der Waals surface area contributed by atoms with E-state index < -0.39 is 0 Å². The molecule has 0 radical (unpaired) electrons. The van der Waals surface area contributed by atoms with Crippen LogP contribution < -0.4 is 5.32 Å². The van der Waals surface area contributed by atoms with Gasteiger partial charge in [0.1, 0.15) is 0 Å². The molecule has 1 rings (SSSR count). The van der Waals surface area contributed by atoms with E-state index >= 15 is 0 Å². The molecule has 0 bridgehead atoms. The van der Waals surface area contributed by atoms with Crippen molar-refractivity contribution in [1.82, 2.24) is 10.2 Å². The summed E-state index contributed by atoms with van der Waals surface area (Å²) in [5.41, 5.74) is 0. The van der Waals surface area contributed by atoms with Gasteiger partial charge in [-0.1, -0.05) is 26.2 Å². The van der Waals surface area contributed by atoms with Gasteiger partial charge in [0.25, 0.3) is 0 Å². The molecule has 0 amide bonds. The molecule has 0 aromatic heterocycles. The maximum absolute atomic E-state index is 9.10. The Hall–Kier alpha value is -0.120. The highest BCUT2D eigenvalue weighted by Gasteiger charge is 2.20. The minimum atomic E-state index is 0.292. The van der Waals surface area contributed by atoms with Gasteiger partial charge >= 0.3 is 0 Å². The summed E-state index contributed by atoms with van der Waals surface area (Å²) in [5, 5.41) is 12.6. The molecule has 1 fully saturated rings. The van der Waals surface area contributed by atoms with Crippen LogP contribution in [0, 0.1) is 0 Å². The van der Waals surface area contributed by atoms with E-state index in [2.05, 4.69) is 24.2 Å². The topological polar surface area (TPSA) is 35.5 Å². The summed E-state index contributed by atoms with van der Waals surface area (Å²) in [7, 11) is 2.24. The van der Waals surface area contributed by atoms with Gasteiger partial charge < -0.3 is 15.3 Å². The third-order valence-electron chi connectivity index (χ3n) is 3.87. The average molecular weight is 242 g/mol. The fourth-order valence-electron chi connectivity index (χ4n) is 2.78. The summed E-state index contributed by atoms with van der Waals surface area (Å²) in [5.74, 6) is 0. The first-order valence-corrected chi connectivity index (χ1v) is 7.32. The molecule has 1 unspecified atom stereocenters. The summed E-state index contributed by atoms with van der Waals surface area (Å²) < 4.78 is 0. The van der Waals surface area contributed by atoms with E-state index in [0.29, 0.717) is 12.6 Å². The quantitative estimate of drug-likeness (QED) is 0.683. The molecule has 17 heavy (non-hydrogen) atoms. The Balaban J connectivity index is 2.30. The number of nitrogens with zero attached hydrogens (tertiary/aromatic N) is 1. The Morgan fingerprint density at radius 3 is 2.59 bits per heavy atom. The van der Waals surface area contributed by atoms with Crippen LogP contribution in [0.4, 0.5) is 0 Å². The monoisotopic (exact) mass is 242 g/mol. The second kappa shape index (κ2) is 8.90. The molecule has 0 aromatic carbocycles. The number of hydrogen-bond donors (Lipinski definition) is 2. The first-order valence-electron chi connectivity index (χ1n) is 7.32. The van der Waals surface area contributed by atoms with E-state index in [9.17, 15) is 0 Å². The van der Waals surface area contributed by atoms with Crippen LogP contribution in [0.2, 0.25) is 0 Å². The normalized spacial score (nSPS) is 19.8. The third-order valence-corrected chi connectivity index (χ3v) is 3.87. The molecule has 0 saturated heterocycles. The van der Waals surface area contributed by atoms with Gasteiger partial charge in [-0.2, -0.15) is 0 Å². The van der Waals surface area contributed by atoms with Crippen molar-refractivity contribution in [3.05, 3.63) is 0 Å². The highest BCUT2D eigenvalue weighted by Crippen LogP contribution is 2.21. The molecule has 1 atom stereocenters. The molecule has 0 heterocycles. The van der Waals surface area contributed by atoms with E-state index in [0.717, 1.165) is 32.0 Å². The van der Waals surface area contributed by atoms with Crippen LogP contribution in [0.3, 0.4) is 0 Å². The van der Waals surface area contributed by atoms with Crippen LogP contribution in [0.1, 0.15) is 51.9 Å². The number of likely N-dealkylation sites (N-methyl/N-ethyl adjacent to an activating group) is 1. The second-order valence-corrected chi connectivity index (χ2v) is 5.39. The van der Waals surface area contributed by atoms with Crippen LogP contribution in [0.5, 0.6) is 0 Å². The Labute approximate surface area is 107 Å². The Bertz CT molecular complexity index is 181. The molecule has 0 aromatic rings. The fraction of sp³-hybridized carbons (Fsp3) is 1.00. The largest absolute Gasteiger partial charge is 0.396 e. The maximum Gasteiger partial charge on any atom is 0.0446 e. The molecule has 102 valence electrons. The van der Waals surface area contributed by atoms with E-state index in [1.54, 1.807) is 0 Å². The van der Waals surface area contributed by atoms with Gasteiger partial charge in [-0.05, 0) is 39.3 Å². The van der Waals surface area contributed by atoms with Crippen LogP contribution >= 0.6 is 0 Å². The molecular formula is C14H30N2O. The molecule has 3 heteroatoms. The molecule has 0 aliphatic heterocycles. The van der Waals surface area contributed by atoms with Gasteiger partial charge in [0.2, 0.25) is 0 Å². The van der Waals surface area contributed by atoms with E-state index in [4.69, 9.17) is 5.11 Å². The van der Waals surface area contributed by atoms with E-state index in [1.807, 2.05) is 0 Å². The number of aliphatic hydroxyl groups is 1. The van der Waals surface area contributed by atoms with Crippen molar-refractivity contribution in [2.45, 2.75) is 64.0 Å². The van der Waals surface area contributed by atoms with Crippen LogP contribution in [0.15, 0.2) is 0 Å². The Morgan fingerprint density at radius 2 is 2.00 bits per heavy atom. The lowest BCUT2D eigenvalue weighted by Crippen LogP contribution is -2.44. The maximum atomic E-state index is 9.10. The highest BCUT2D eigenvalue weighted by atomic mass is 16.3. The van der Waals surface area contributed by atoms with Crippen molar-refractivity contribution in [2.24, 2.45) is 0 Å². The summed E-state index contributed by atoms with van der Waals surface area (Å²) in [6, 6.07) is 1.22. The zero-order valence-corrected chi connectivity index (χ0v) is 11.6. The molecule has 3 nitrogen and oxygen atoms in total. The zero-order chi connectivity index (χ0) is 12.5. The minimum Gasteiger partial charge on any atom is -0.396 e. The Kier molecular flexibility index (Phi) is 7.82. The summed E-state index contributed by atoms with van der Waals surface area (Å²) in [6.45, 7) is 4.61. The lowest BCUT2D eigenvalue weighted by Gasteiger charge is -2.34. The number of aliphatic hydroxyl groups excluding tert-OH is 1. The van der Waals surface area contributed by atoms with Crippen molar-refractivity contribution < 1.29 is 5.11 Å². The van der Waals surface area contributed by atoms with Crippen molar-refractivity contribution in [1.29, 1.82) is 0 Å². The van der Waals surface area contributed by atoms with Gasteiger partial charge in [-0.25, -0.2) is 0 Å². The van der Waals surface area contributed by atoms with Crippen molar-refractivity contribution in [2.75, 3.05) is 26.7 Å². The van der Waals surface area contributed by atoms with E-state index in [1.165, 1.54) is 32.1 Å². The zero-order valence-electron chi connectivity index (χ0n) is 11.6. The van der Waals surface area contributed by atoms with E-state index in [-0.39, 0.29) is 0 Å². The molecule has 1 aliphatic carbocycles. The SMILES string of the molecule is CCCNC(CCO)CN(C)C1CCCCC1. The molecular weight excluding hydrogens is 212 g/mol. The van der Waals surface area contributed by atoms with Gasteiger partial charge in [0, 0.05) is 25.2 Å². The second-order valence-electron chi connectivity index (χ2n) is 5.39. The predicted octanol–water partition coefficient (Wildman–Crippen LogP) is 2.00. The smallest absolute Gasteiger partial charge is 0.0446 e. The average Bonchev–Trinajstić information content (AvgIpc) is 2.37. The van der Waals surface area contributed by atoms with Crippen molar-refractivity contribution in [3.63, 3.8) is 0 Å². The van der Waals surface area contributed by atoms with Crippen LogP contribution in [-0.4, -0.2) is 48.8 Å². The molecule has 1 aliphatic rings. The van der Waals surface area contributed by atoms with Crippen molar-refractivity contribution >= 4 is 0 Å². The minimum absolute atomic E-state index is 0.292. The van der Waals surface area contributed by atoms with Gasteiger partial charge in [-0.3, -0.25) is 0 Å². The first-order chi connectivity index (χ1) is 8.27. The number of hydrogen-bond acceptors (Lipinski definition) is 3. The third kappa shape index (κ3) is 5.84. The summed E-state index contributed by atoms with van der Waals surface area (Å²) in [4.78, 5) is 2.50. The van der Waals surface area contributed by atoms with Crippen molar-refractivity contribution in [3.8, 4) is 0 Å². The number of rotatable bonds is 8. The molecule has 0 spiro atoms. The lowest BCUT2D eigenvalue weighted by molar-refractivity contribution is 0.161. The number of nitrogens with one attached hydrogen (secondary N) is 1. The van der Waals surface area contributed by atoms with Gasteiger partial charge in [0.15, 0.2) is 0 Å².